The van der Waals surface area contributed by atoms with Gasteiger partial charge in [0.15, 0.2) is 0 Å². The number of aryl methyl sites for hydroxylation is 2. The molecular formula is C24H36N4O. The molecule has 0 aliphatic carbocycles. The Kier molecular flexibility index (Phi) is 7.01. The summed E-state index contributed by atoms with van der Waals surface area (Å²) >= 11 is 0. The quantitative estimate of drug-likeness (QED) is 0.709. The lowest BCUT2D eigenvalue weighted by atomic mass is 10.1. The molecule has 5 heteroatoms. The molecule has 0 N–H and O–H groups in total. The van der Waals surface area contributed by atoms with Crippen LogP contribution in [-0.2, 0) is 30.9 Å². The van der Waals surface area contributed by atoms with Crippen molar-refractivity contribution in [2.24, 2.45) is 0 Å². The number of nitrogens with zero attached hydrogens (tertiary/aromatic N) is 4. The van der Waals surface area contributed by atoms with Crippen LogP contribution in [0.2, 0.25) is 0 Å². The topological polar surface area (TPSA) is 33.5 Å². The van der Waals surface area contributed by atoms with E-state index in [9.17, 15) is 0 Å². The molecule has 1 unspecified atom stereocenters. The van der Waals surface area contributed by atoms with Crippen molar-refractivity contribution in [3.8, 4) is 0 Å². The van der Waals surface area contributed by atoms with Crippen LogP contribution in [0, 0.1) is 6.92 Å². The average molecular weight is 397 g/mol. The van der Waals surface area contributed by atoms with E-state index in [2.05, 4.69) is 58.8 Å². The molecule has 4 rings (SSSR count). The van der Waals surface area contributed by atoms with Gasteiger partial charge in [0, 0.05) is 45.9 Å². The Labute approximate surface area is 175 Å². The summed E-state index contributed by atoms with van der Waals surface area (Å²) in [4.78, 5) is 4.96. The zero-order chi connectivity index (χ0) is 20.1. The summed E-state index contributed by atoms with van der Waals surface area (Å²) < 4.78 is 8.12. The summed E-state index contributed by atoms with van der Waals surface area (Å²) in [5, 5.41) is 4.92. The molecule has 0 saturated carbocycles. The Balaban J connectivity index is 1.32. The summed E-state index contributed by atoms with van der Waals surface area (Å²) in [6.07, 6.45) is 6.53. The van der Waals surface area contributed by atoms with Crippen molar-refractivity contribution in [3.05, 3.63) is 52.8 Å². The number of benzene rings is 1. The minimum atomic E-state index is 0.458. The highest BCUT2D eigenvalue weighted by atomic mass is 16.5. The average Bonchev–Trinajstić information content (AvgIpc) is 2.99. The highest BCUT2D eigenvalue weighted by Gasteiger charge is 2.19. The van der Waals surface area contributed by atoms with Crippen LogP contribution in [0.5, 0.6) is 0 Å². The van der Waals surface area contributed by atoms with Crippen LogP contribution in [0.1, 0.15) is 54.6 Å². The molecule has 1 fully saturated rings. The van der Waals surface area contributed by atoms with Crippen molar-refractivity contribution < 1.29 is 4.74 Å². The fraction of sp³-hybridized carbons (Fsp3) is 0.625. The van der Waals surface area contributed by atoms with Gasteiger partial charge in [-0.05, 0) is 63.3 Å². The molecule has 2 aliphatic heterocycles. The van der Waals surface area contributed by atoms with E-state index in [0.717, 1.165) is 58.7 Å². The van der Waals surface area contributed by atoms with Crippen molar-refractivity contribution >= 4 is 0 Å². The zero-order valence-corrected chi connectivity index (χ0v) is 18.1. The second-order valence-electron chi connectivity index (χ2n) is 8.86. The van der Waals surface area contributed by atoms with Gasteiger partial charge in [-0.15, -0.1) is 0 Å². The molecule has 2 aromatic rings. The largest absolute Gasteiger partial charge is 0.378 e. The molecule has 0 bridgehead atoms. The van der Waals surface area contributed by atoms with Crippen molar-refractivity contribution in [2.45, 2.75) is 71.3 Å². The monoisotopic (exact) mass is 396 g/mol. The second-order valence-corrected chi connectivity index (χ2v) is 8.86. The van der Waals surface area contributed by atoms with Crippen LogP contribution in [0.4, 0.5) is 0 Å². The molecule has 0 radical (unpaired) electrons. The van der Waals surface area contributed by atoms with E-state index in [1.165, 1.54) is 41.8 Å². The van der Waals surface area contributed by atoms with E-state index in [1.54, 1.807) is 0 Å². The summed E-state index contributed by atoms with van der Waals surface area (Å²) in [5.41, 5.74) is 5.37. The van der Waals surface area contributed by atoms with Gasteiger partial charge >= 0.3 is 0 Å². The van der Waals surface area contributed by atoms with Crippen LogP contribution >= 0.6 is 0 Å². The molecule has 0 spiro atoms. The molecule has 1 aromatic heterocycles. The van der Waals surface area contributed by atoms with Gasteiger partial charge in [0.05, 0.1) is 17.5 Å². The van der Waals surface area contributed by atoms with E-state index in [1.807, 2.05) is 0 Å². The van der Waals surface area contributed by atoms with Crippen molar-refractivity contribution in [1.82, 2.24) is 19.6 Å². The van der Waals surface area contributed by atoms with Gasteiger partial charge in [-0.25, -0.2) is 0 Å². The third kappa shape index (κ3) is 5.68. The van der Waals surface area contributed by atoms with E-state index in [-0.39, 0.29) is 0 Å². The third-order valence-corrected chi connectivity index (χ3v) is 6.34. The highest BCUT2D eigenvalue weighted by Crippen LogP contribution is 2.19. The molecule has 29 heavy (non-hydrogen) atoms. The molecule has 158 valence electrons. The molecule has 1 saturated heterocycles. The molecule has 1 aromatic carbocycles. The summed E-state index contributed by atoms with van der Waals surface area (Å²) in [5.74, 6) is 0. The predicted octanol–water partition coefficient (Wildman–Crippen LogP) is 3.99. The van der Waals surface area contributed by atoms with Crippen LogP contribution in [0.3, 0.4) is 0 Å². The number of rotatable bonds is 7. The van der Waals surface area contributed by atoms with E-state index >= 15 is 0 Å². The summed E-state index contributed by atoms with van der Waals surface area (Å²) in [6.45, 7) is 9.32. The van der Waals surface area contributed by atoms with Crippen LogP contribution < -0.4 is 0 Å². The molecular weight excluding hydrogens is 360 g/mol. The number of ether oxygens (including phenoxy) is 1. The Morgan fingerprint density at radius 1 is 1.17 bits per heavy atom. The molecule has 5 nitrogen and oxygen atoms in total. The standard InChI is InChI=1S/C24H36N4O/c1-20-8-3-4-9-21(20)17-27-12-7-13-28-23(19-27)16-22(25-28)18-26(2)14-11-24-10-5-6-15-29-24/h3-4,8-9,16,24H,5-7,10-15,17-19H2,1-2H3. The third-order valence-electron chi connectivity index (χ3n) is 6.34. The maximum Gasteiger partial charge on any atom is 0.0768 e. The fourth-order valence-corrected chi connectivity index (χ4v) is 4.58. The Bertz CT molecular complexity index is 781. The van der Waals surface area contributed by atoms with Crippen molar-refractivity contribution in [2.75, 3.05) is 26.7 Å². The molecule has 2 aliphatic rings. The highest BCUT2D eigenvalue weighted by molar-refractivity contribution is 5.25. The zero-order valence-electron chi connectivity index (χ0n) is 18.1. The first-order chi connectivity index (χ1) is 14.2. The lowest BCUT2D eigenvalue weighted by Crippen LogP contribution is -2.27. The Hall–Kier alpha value is -1.69. The molecule has 1 atom stereocenters. The van der Waals surface area contributed by atoms with Gasteiger partial charge in [0.1, 0.15) is 0 Å². The molecule has 3 heterocycles. The second kappa shape index (κ2) is 9.88. The first-order valence-corrected chi connectivity index (χ1v) is 11.3. The fourth-order valence-electron chi connectivity index (χ4n) is 4.58. The minimum absolute atomic E-state index is 0.458. The summed E-state index contributed by atoms with van der Waals surface area (Å²) in [6, 6.07) is 11.1. The predicted molar refractivity (Wildman–Crippen MR) is 117 cm³/mol. The van der Waals surface area contributed by atoms with Crippen LogP contribution in [0.15, 0.2) is 30.3 Å². The van der Waals surface area contributed by atoms with Gasteiger partial charge in [-0.3, -0.25) is 9.58 Å². The SMILES string of the molecule is Cc1ccccc1CN1CCCn2nc(CN(C)CCC3CCCCO3)cc2C1. The van der Waals surface area contributed by atoms with E-state index in [0.29, 0.717) is 6.10 Å². The van der Waals surface area contributed by atoms with Gasteiger partial charge in [-0.1, -0.05) is 24.3 Å². The number of hydrogen-bond donors (Lipinski definition) is 0. The van der Waals surface area contributed by atoms with Gasteiger partial charge < -0.3 is 9.64 Å². The van der Waals surface area contributed by atoms with Crippen LogP contribution in [0.25, 0.3) is 0 Å². The first kappa shape index (κ1) is 20.6. The number of fused-ring (bicyclic) bond motifs is 1. The summed E-state index contributed by atoms with van der Waals surface area (Å²) in [7, 11) is 2.21. The van der Waals surface area contributed by atoms with Crippen molar-refractivity contribution in [1.29, 1.82) is 0 Å². The lowest BCUT2D eigenvalue weighted by Gasteiger charge is -2.24. The van der Waals surface area contributed by atoms with Crippen LogP contribution in [-0.4, -0.2) is 52.4 Å². The van der Waals surface area contributed by atoms with Gasteiger partial charge in [0.2, 0.25) is 0 Å². The minimum Gasteiger partial charge on any atom is -0.378 e. The van der Waals surface area contributed by atoms with Gasteiger partial charge in [0.25, 0.3) is 0 Å². The van der Waals surface area contributed by atoms with Gasteiger partial charge in [-0.2, -0.15) is 5.10 Å². The normalized spacial score (nSPS) is 20.6. The first-order valence-electron chi connectivity index (χ1n) is 11.3. The molecule has 0 amide bonds. The smallest absolute Gasteiger partial charge is 0.0768 e. The van der Waals surface area contributed by atoms with E-state index < -0.39 is 0 Å². The lowest BCUT2D eigenvalue weighted by molar-refractivity contribution is 0.00635. The maximum atomic E-state index is 5.88. The Morgan fingerprint density at radius 2 is 2.07 bits per heavy atom. The Morgan fingerprint density at radius 3 is 2.90 bits per heavy atom. The van der Waals surface area contributed by atoms with E-state index in [4.69, 9.17) is 9.84 Å². The van der Waals surface area contributed by atoms with Crippen molar-refractivity contribution in [3.63, 3.8) is 0 Å². The number of aromatic nitrogens is 2. The number of hydrogen-bond acceptors (Lipinski definition) is 4. The maximum absolute atomic E-state index is 5.88.